The van der Waals surface area contributed by atoms with Crippen LogP contribution in [0.5, 0.6) is 0 Å². The second kappa shape index (κ2) is 17.6. The summed E-state index contributed by atoms with van der Waals surface area (Å²) in [6.45, 7) is 0. The summed E-state index contributed by atoms with van der Waals surface area (Å²) < 4.78 is 5.03. The maximum Gasteiger partial charge on any atom is 0.179 e. The van der Waals surface area contributed by atoms with Gasteiger partial charge in [0.2, 0.25) is 0 Å². The van der Waals surface area contributed by atoms with E-state index in [9.17, 15) is 0 Å². The van der Waals surface area contributed by atoms with Gasteiger partial charge >= 0.3 is 0 Å². The smallest absolute Gasteiger partial charge is 0.179 e. The van der Waals surface area contributed by atoms with Crippen LogP contribution in [0.1, 0.15) is 22.3 Å². The number of aromatic nitrogens is 2. The van der Waals surface area contributed by atoms with E-state index in [2.05, 4.69) is 312 Å². The van der Waals surface area contributed by atoms with E-state index in [4.69, 9.17) is 0 Å². The molecular weight excluding hydrogens is 933 g/mol. The average molecular weight is 983 g/mol. The SMILES string of the molecule is c1ccc(C2(c3ccccc3)c3ccccc3-c3cc(-c4ccc5c6ccccc6n(-c6cccc7c8ccccc8n(-c8ccc([Si](c9ccccc9)(c9ccccc9)c9ccccc9)cc8)c67)c5c4)ccc32)cc1. The highest BCUT2D eigenvalue weighted by Crippen LogP contribution is 2.56. The summed E-state index contributed by atoms with van der Waals surface area (Å²) >= 11 is 0. The summed E-state index contributed by atoms with van der Waals surface area (Å²) in [6, 6.07) is 113. The maximum atomic E-state index is 2.52. The van der Waals surface area contributed by atoms with Crippen molar-refractivity contribution in [1.29, 1.82) is 0 Å². The molecule has 0 N–H and O–H groups in total. The van der Waals surface area contributed by atoms with Crippen LogP contribution in [0.25, 0.3) is 77.2 Å². The van der Waals surface area contributed by atoms with Crippen molar-refractivity contribution in [3.8, 4) is 33.6 Å². The minimum atomic E-state index is -2.74. The molecule has 0 saturated carbocycles. The second-order valence-electron chi connectivity index (χ2n) is 20.3. The lowest BCUT2D eigenvalue weighted by atomic mass is 9.67. The van der Waals surface area contributed by atoms with Crippen LogP contribution in [0.15, 0.2) is 303 Å². The molecule has 0 aliphatic heterocycles. The first-order valence-corrected chi connectivity index (χ1v) is 28.4. The quantitative estimate of drug-likeness (QED) is 0.101. The van der Waals surface area contributed by atoms with Crippen molar-refractivity contribution in [2.24, 2.45) is 0 Å². The number of fused-ring (bicyclic) bond motifs is 9. The zero-order valence-corrected chi connectivity index (χ0v) is 42.8. The van der Waals surface area contributed by atoms with E-state index >= 15 is 0 Å². The van der Waals surface area contributed by atoms with Crippen molar-refractivity contribution in [1.82, 2.24) is 9.13 Å². The third-order valence-electron chi connectivity index (χ3n) is 16.6. The molecule has 14 aromatic rings. The molecule has 356 valence electrons. The maximum absolute atomic E-state index is 2.74. The van der Waals surface area contributed by atoms with Crippen LogP contribution in [0.2, 0.25) is 0 Å². The van der Waals surface area contributed by atoms with Gasteiger partial charge in [0, 0.05) is 27.2 Å². The highest BCUT2D eigenvalue weighted by molar-refractivity contribution is 7.19. The molecule has 0 atom stereocenters. The molecular formula is C73H50N2Si. The molecule has 3 heteroatoms. The minimum absolute atomic E-state index is 0.447. The van der Waals surface area contributed by atoms with Crippen LogP contribution in [-0.2, 0) is 5.41 Å². The molecule has 2 nitrogen and oxygen atoms in total. The summed E-state index contributed by atoms with van der Waals surface area (Å²) in [5.41, 5.74) is 16.6. The Morgan fingerprint density at radius 2 is 0.724 bits per heavy atom. The first-order chi connectivity index (χ1) is 37.7. The first kappa shape index (κ1) is 44.0. The molecule has 1 aliphatic carbocycles. The van der Waals surface area contributed by atoms with Crippen molar-refractivity contribution < 1.29 is 0 Å². The Labute approximate surface area is 443 Å². The predicted molar refractivity (Wildman–Crippen MR) is 321 cm³/mol. The van der Waals surface area contributed by atoms with Gasteiger partial charge in [-0.3, -0.25) is 0 Å². The van der Waals surface area contributed by atoms with Gasteiger partial charge in [0.25, 0.3) is 0 Å². The van der Waals surface area contributed by atoms with Crippen LogP contribution in [0, 0.1) is 0 Å². The Morgan fingerprint density at radius 3 is 1.34 bits per heavy atom. The van der Waals surface area contributed by atoms with Crippen molar-refractivity contribution in [2.75, 3.05) is 0 Å². The molecule has 2 aromatic heterocycles. The molecule has 0 spiro atoms. The third-order valence-corrected chi connectivity index (χ3v) is 21.4. The number of nitrogens with zero attached hydrogens (tertiary/aromatic N) is 2. The van der Waals surface area contributed by atoms with E-state index in [0.717, 1.165) is 11.4 Å². The first-order valence-electron chi connectivity index (χ1n) is 26.4. The lowest BCUT2D eigenvalue weighted by Gasteiger charge is -2.34. The van der Waals surface area contributed by atoms with Gasteiger partial charge < -0.3 is 9.13 Å². The standard InChI is InChI=1S/C73H50N2Si/c1-6-23-53(24-7-1)73(54-25-8-2-9-26-54)66-37-19-16-33-60(66)65-49-51(42-48-67(65)73)52-41-47-63-61-34-17-21-39-69(61)75(71(63)50-52)70-40-22-36-64-62-35-18-20-38-68(62)74(72(64)70)55-43-45-59(46-44-55)76(56-27-10-3-11-28-56,57-29-12-4-13-30-57)58-31-14-5-15-32-58/h1-50H. The van der Waals surface area contributed by atoms with Gasteiger partial charge in [-0.25, -0.2) is 0 Å². The zero-order chi connectivity index (χ0) is 50.2. The van der Waals surface area contributed by atoms with Crippen LogP contribution in [0.3, 0.4) is 0 Å². The Hall–Kier alpha value is -9.54. The molecule has 76 heavy (non-hydrogen) atoms. The Morgan fingerprint density at radius 1 is 0.276 bits per heavy atom. The van der Waals surface area contributed by atoms with E-state index in [1.54, 1.807) is 0 Å². The van der Waals surface area contributed by atoms with E-state index in [-0.39, 0.29) is 0 Å². The molecule has 12 aromatic carbocycles. The lowest BCUT2D eigenvalue weighted by Crippen LogP contribution is -2.74. The molecule has 0 bridgehead atoms. The summed E-state index contributed by atoms with van der Waals surface area (Å²) in [6.07, 6.45) is 0. The van der Waals surface area contributed by atoms with Crippen molar-refractivity contribution >= 4 is 72.4 Å². The number of hydrogen-bond acceptors (Lipinski definition) is 0. The number of rotatable bonds is 9. The van der Waals surface area contributed by atoms with Crippen LogP contribution in [-0.4, -0.2) is 17.2 Å². The Balaban J connectivity index is 0.932. The van der Waals surface area contributed by atoms with E-state index in [0.29, 0.717) is 0 Å². The van der Waals surface area contributed by atoms with Crippen LogP contribution in [0.4, 0.5) is 0 Å². The highest BCUT2D eigenvalue weighted by atomic mass is 28.3. The summed E-state index contributed by atoms with van der Waals surface area (Å²) in [7, 11) is -2.74. The summed E-state index contributed by atoms with van der Waals surface area (Å²) in [5, 5.41) is 10.3. The molecule has 15 rings (SSSR count). The zero-order valence-electron chi connectivity index (χ0n) is 41.8. The van der Waals surface area contributed by atoms with Crippen molar-refractivity contribution in [3.63, 3.8) is 0 Å². The molecule has 1 aliphatic rings. The Kier molecular flexibility index (Phi) is 10.2. The fourth-order valence-corrected chi connectivity index (χ4v) is 18.2. The summed E-state index contributed by atoms with van der Waals surface area (Å²) in [4.78, 5) is 0. The largest absolute Gasteiger partial charge is 0.307 e. The van der Waals surface area contributed by atoms with Crippen molar-refractivity contribution in [3.05, 3.63) is 326 Å². The molecule has 0 saturated heterocycles. The lowest BCUT2D eigenvalue weighted by molar-refractivity contribution is 0.768. The van der Waals surface area contributed by atoms with Gasteiger partial charge in [-0.15, -0.1) is 0 Å². The molecule has 0 fully saturated rings. The van der Waals surface area contributed by atoms with Crippen LogP contribution < -0.4 is 20.7 Å². The van der Waals surface area contributed by atoms with Gasteiger partial charge in [0.1, 0.15) is 0 Å². The minimum Gasteiger partial charge on any atom is -0.307 e. The van der Waals surface area contributed by atoms with Gasteiger partial charge in [-0.05, 0) is 108 Å². The van der Waals surface area contributed by atoms with Gasteiger partial charge in [0.05, 0.1) is 33.2 Å². The summed E-state index contributed by atoms with van der Waals surface area (Å²) in [5.74, 6) is 0. The number of benzene rings is 12. The van der Waals surface area contributed by atoms with E-state index in [1.807, 2.05) is 0 Å². The van der Waals surface area contributed by atoms with Gasteiger partial charge in [0.15, 0.2) is 8.07 Å². The van der Waals surface area contributed by atoms with Crippen LogP contribution >= 0.6 is 0 Å². The topological polar surface area (TPSA) is 9.86 Å². The second-order valence-corrected chi connectivity index (χ2v) is 24.1. The van der Waals surface area contributed by atoms with Gasteiger partial charge in [-0.1, -0.05) is 261 Å². The Bertz CT molecular complexity index is 4350. The number of para-hydroxylation sites is 3. The highest BCUT2D eigenvalue weighted by Gasteiger charge is 2.46. The van der Waals surface area contributed by atoms with E-state index < -0.39 is 13.5 Å². The average Bonchev–Trinajstić information content (AvgIpc) is 4.24. The number of hydrogen-bond donors (Lipinski definition) is 0. The fraction of sp³-hybridized carbons (Fsp3) is 0.0137. The van der Waals surface area contributed by atoms with Gasteiger partial charge in [-0.2, -0.15) is 0 Å². The third kappa shape index (κ3) is 6.40. The molecule has 0 amide bonds. The molecule has 0 radical (unpaired) electrons. The van der Waals surface area contributed by atoms with Crippen molar-refractivity contribution in [2.45, 2.75) is 5.41 Å². The molecule has 2 heterocycles. The fourth-order valence-electron chi connectivity index (χ4n) is 13.4. The monoisotopic (exact) mass is 982 g/mol. The molecule has 0 unspecified atom stereocenters. The van der Waals surface area contributed by atoms with E-state index in [1.165, 1.54) is 109 Å². The predicted octanol–water partition coefficient (Wildman–Crippen LogP) is 15.3. The normalized spacial score (nSPS) is 12.8.